The van der Waals surface area contributed by atoms with E-state index in [-0.39, 0.29) is 5.91 Å². The van der Waals surface area contributed by atoms with Crippen molar-refractivity contribution in [2.45, 2.75) is 20.5 Å². The number of halogens is 2. The number of imidazole rings is 1. The Labute approximate surface area is 105 Å². The van der Waals surface area contributed by atoms with E-state index >= 15 is 0 Å². The molecule has 0 atom stereocenters. The van der Waals surface area contributed by atoms with Crippen LogP contribution >= 0.6 is 31.9 Å². The maximum atomic E-state index is 11.9. The second kappa shape index (κ2) is 3.90. The van der Waals surface area contributed by atoms with Crippen LogP contribution in [-0.2, 0) is 6.67 Å². The van der Waals surface area contributed by atoms with E-state index in [0.29, 0.717) is 23.0 Å². The summed E-state index contributed by atoms with van der Waals surface area (Å²) in [6.45, 7) is 5.55. The average molecular weight is 337 g/mol. The fourth-order valence-electron chi connectivity index (χ4n) is 1.65. The van der Waals surface area contributed by atoms with Crippen molar-refractivity contribution in [3.8, 4) is 0 Å². The van der Waals surface area contributed by atoms with Crippen LogP contribution < -0.4 is 0 Å². The predicted molar refractivity (Wildman–Crippen MR) is 63.5 cm³/mol. The molecule has 1 aliphatic rings. The Bertz CT molecular complexity index is 414. The number of rotatable bonds is 2. The van der Waals surface area contributed by atoms with Crippen LogP contribution in [-0.4, -0.2) is 26.9 Å². The first-order valence-corrected chi connectivity index (χ1v) is 6.30. The molecule has 6 heteroatoms. The van der Waals surface area contributed by atoms with Crippen LogP contribution in [0.3, 0.4) is 0 Å². The van der Waals surface area contributed by atoms with Crippen molar-refractivity contribution < 1.29 is 4.79 Å². The van der Waals surface area contributed by atoms with Crippen molar-refractivity contribution in [1.82, 2.24) is 14.5 Å². The Kier molecular flexibility index (Phi) is 2.89. The quantitative estimate of drug-likeness (QED) is 0.832. The van der Waals surface area contributed by atoms with E-state index in [1.807, 2.05) is 9.47 Å². The zero-order chi connectivity index (χ0) is 11.2. The Balaban J connectivity index is 2.27. The summed E-state index contributed by atoms with van der Waals surface area (Å²) in [5, 5.41) is 0. The summed E-state index contributed by atoms with van der Waals surface area (Å²) < 4.78 is 3.39. The number of hydrogen-bond acceptors (Lipinski definition) is 2. The molecule has 1 aromatic heterocycles. The van der Waals surface area contributed by atoms with Gasteiger partial charge in [-0.1, -0.05) is 13.8 Å². The van der Waals surface area contributed by atoms with Gasteiger partial charge in [-0.05, 0) is 37.8 Å². The van der Waals surface area contributed by atoms with Gasteiger partial charge in [0.25, 0.3) is 5.91 Å². The number of fused-ring (bicyclic) bond motifs is 1. The molecule has 1 aromatic rings. The average Bonchev–Trinajstić information content (AvgIpc) is 2.57. The normalized spacial score (nSPS) is 15.3. The standard InChI is InChI=1S/C9H11Br2N3O/c1-5(2)3-13-4-14-7(11)6(10)12-8(14)9(13)15/h5H,3-4H2,1-2H3. The summed E-state index contributed by atoms with van der Waals surface area (Å²) in [6.07, 6.45) is 0. The molecule has 0 bridgehead atoms. The molecule has 1 amide bonds. The lowest BCUT2D eigenvalue weighted by atomic mass is 10.2. The number of nitrogens with zero attached hydrogens (tertiary/aromatic N) is 3. The maximum Gasteiger partial charge on any atom is 0.291 e. The summed E-state index contributed by atoms with van der Waals surface area (Å²) in [5.74, 6) is 0.991. The van der Waals surface area contributed by atoms with Crippen molar-refractivity contribution in [3.63, 3.8) is 0 Å². The molecule has 0 saturated carbocycles. The molecule has 0 unspecified atom stereocenters. The first-order valence-electron chi connectivity index (χ1n) is 4.71. The maximum absolute atomic E-state index is 11.9. The number of amides is 1. The molecule has 0 spiro atoms. The van der Waals surface area contributed by atoms with Gasteiger partial charge in [-0.2, -0.15) is 0 Å². The van der Waals surface area contributed by atoms with Crippen LogP contribution in [0, 0.1) is 5.92 Å². The van der Waals surface area contributed by atoms with Gasteiger partial charge in [0.2, 0.25) is 5.82 Å². The molecule has 2 rings (SSSR count). The van der Waals surface area contributed by atoms with Crippen LogP contribution in [0.1, 0.15) is 24.5 Å². The zero-order valence-electron chi connectivity index (χ0n) is 8.50. The molecular weight excluding hydrogens is 326 g/mol. The summed E-state index contributed by atoms with van der Waals surface area (Å²) >= 11 is 6.69. The SMILES string of the molecule is CC(C)CN1Cn2c(nc(Br)c2Br)C1=O. The molecule has 2 heterocycles. The largest absolute Gasteiger partial charge is 0.318 e. The smallest absolute Gasteiger partial charge is 0.291 e. The van der Waals surface area contributed by atoms with Crippen LogP contribution in [0.2, 0.25) is 0 Å². The highest BCUT2D eigenvalue weighted by Crippen LogP contribution is 2.28. The van der Waals surface area contributed by atoms with Crippen molar-refractivity contribution in [2.24, 2.45) is 5.92 Å². The summed E-state index contributed by atoms with van der Waals surface area (Å²) in [6, 6.07) is 0. The lowest BCUT2D eigenvalue weighted by Gasteiger charge is -2.17. The van der Waals surface area contributed by atoms with Crippen LogP contribution in [0.5, 0.6) is 0 Å². The number of carbonyl (C=O) groups is 1. The molecule has 0 aromatic carbocycles. The topological polar surface area (TPSA) is 38.1 Å². The van der Waals surface area contributed by atoms with E-state index in [1.54, 1.807) is 0 Å². The van der Waals surface area contributed by atoms with Crippen LogP contribution in [0.4, 0.5) is 0 Å². The van der Waals surface area contributed by atoms with Gasteiger partial charge in [-0.15, -0.1) is 0 Å². The second-order valence-corrected chi connectivity index (χ2v) is 5.51. The third-order valence-electron chi connectivity index (χ3n) is 2.24. The van der Waals surface area contributed by atoms with Gasteiger partial charge in [0, 0.05) is 6.54 Å². The number of hydrogen-bond donors (Lipinski definition) is 0. The minimum atomic E-state index is 0.00935. The Morgan fingerprint density at radius 3 is 2.67 bits per heavy atom. The third-order valence-corrected chi connectivity index (χ3v) is 4.13. The highest BCUT2D eigenvalue weighted by Gasteiger charge is 2.32. The van der Waals surface area contributed by atoms with E-state index in [4.69, 9.17) is 0 Å². The van der Waals surface area contributed by atoms with Crippen molar-refractivity contribution in [2.75, 3.05) is 6.54 Å². The van der Waals surface area contributed by atoms with Gasteiger partial charge >= 0.3 is 0 Å². The monoisotopic (exact) mass is 335 g/mol. The zero-order valence-corrected chi connectivity index (χ0v) is 11.7. The Hall–Kier alpha value is -0.360. The van der Waals surface area contributed by atoms with Gasteiger partial charge in [-0.3, -0.25) is 9.36 Å². The minimum absolute atomic E-state index is 0.00935. The lowest BCUT2D eigenvalue weighted by molar-refractivity contribution is 0.0745. The van der Waals surface area contributed by atoms with Gasteiger partial charge < -0.3 is 4.90 Å². The van der Waals surface area contributed by atoms with Gasteiger partial charge in [0.05, 0.1) is 0 Å². The van der Waals surface area contributed by atoms with Gasteiger partial charge in [0.15, 0.2) is 0 Å². The Morgan fingerprint density at radius 1 is 1.47 bits per heavy atom. The number of aromatic nitrogens is 2. The van der Waals surface area contributed by atoms with Crippen molar-refractivity contribution >= 4 is 37.8 Å². The molecule has 0 fully saturated rings. The first-order chi connectivity index (χ1) is 7.00. The molecule has 82 valence electrons. The van der Waals surface area contributed by atoms with E-state index in [1.165, 1.54) is 0 Å². The van der Waals surface area contributed by atoms with Crippen LogP contribution in [0.15, 0.2) is 9.21 Å². The molecular formula is C9H11Br2N3O. The molecule has 0 aliphatic carbocycles. The second-order valence-electron chi connectivity index (χ2n) is 4.01. The van der Waals surface area contributed by atoms with Gasteiger partial charge in [-0.25, -0.2) is 4.98 Å². The molecule has 4 nitrogen and oxygen atoms in total. The lowest BCUT2D eigenvalue weighted by Crippen LogP contribution is -2.28. The molecule has 0 radical (unpaired) electrons. The molecule has 0 N–H and O–H groups in total. The number of carbonyl (C=O) groups excluding carboxylic acids is 1. The van der Waals surface area contributed by atoms with E-state index in [2.05, 4.69) is 50.7 Å². The van der Waals surface area contributed by atoms with E-state index in [9.17, 15) is 4.79 Å². The summed E-state index contributed by atoms with van der Waals surface area (Å²) in [4.78, 5) is 17.9. The minimum Gasteiger partial charge on any atom is -0.318 e. The highest BCUT2D eigenvalue weighted by atomic mass is 79.9. The van der Waals surface area contributed by atoms with E-state index in [0.717, 1.165) is 11.1 Å². The molecule has 0 saturated heterocycles. The predicted octanol–water partition coefficient (Wildman–Crippen LogP) is 2.48. The van der Waals surface area contributed by atoms with Crippen LogP contribution in [0.25, 0.3) is 0 Å². The van der Waals surface area contributed by atoms with E-state index < -0.39 is 0 Å². The molecule has 15 heavy (non-hydrogen) atoms. The molecule has 1 aliphatic heterocycles. The fourth-order valence-corrected chi connectivity index (χ4v) is 2.40. The third kappa shape index (κ3) is 1.85. The highest BCUT2D eigenvalue weighted by molar-refractivity contribution is 9.13. The fraction of sp³-hybridized carbons (Fsp3) is 0.556. The van der Waals surface area contributed by atoms with Crippen molar-refractivity contribution in [3.05, 3.63) is 15.0 Å². The summed E-state index contributed by atoms with van der Waals surface area (Å²) in [7, 11) is 0. The van der Waals surface area contributed by atoms with Gasteiger partial charge in [0.1, 0.15) is 15.9 Å². The van der Waals surface area contributed by atoms with Crippen molar-refractivity contribution in [1.29, 1.82) is 0 Å². The first kappa shape index (κ1) is 11.1. The Morgan fingerprint density at radius 2 is 2.13 bits per heavy atom. The summed E-state index contributed by atoms with van der Waals surface area (Å²) in [5.41, 5.74) is 0.